The van der Waals surface area contributed by atoms with Crippen molar-refractivity contribution in [3.8, 4) is 0 Å². The molecule has 398 valence electrons. The minimum atomic E-state index is -0.763. The van der Waals surface area contributed by atoms with Gasteiger partial charge in [0.15, 0.2) is 6.10 Å². The van der Waals surface area contributed by atoms with Gasteiger partial charge < -0.3 is 14.2 Å². The van der Waals surface area contributed by atoms with E-state index in [1.54, 1.807) is 0 Å². The van der Waals surface area contributed by atoms with Crippen LogP contribution < -0.4 is 0 Å². The van der Waals surface area contributed by atoms with E-state index in [1.807, 2.05) is 0 Å². The van der Waals surface area contributed by atoms with Crippen molar-refractivity contribution >= 4 is 17.9 Å². The van der Waals surface area contributed by atoms with Crippen molar-refractivity contribution in [2.45, 2.75) is 349 Å². The predicted molar refractivity (Wildman–Crippen MR) is 289 cm³/mol. The van der Waals surface area contributed by atoms with Crippen molar-refractivity contribution in [2.75, 3.05) is 13.2 Å². The molecule has 0 rings (SSSR count). The summed E-state index contributed by atoms with van der Waals surface area (Å²) in [5.41, 5.74) is 0. The highest BCUT2D eigenvalue weighted by atomic mass is 16.6. The van der Waals surface area contributed by atoms with Gasteiger partial charge in [-0.05, 0) is 31.1 Å². The average Bonchev–Trinajstić information content (AvgIpc) is 3.31. The Morgan fingerprint density at radius 3 is 0.851 bits per heavy atom. The fraction of sp³-hybridized carbons (Fsp3) is 0.951. The van der Waals surface area contributed by atoms with Gasteiger partial charge in [0.2, 0.25) is 0 Å². The Hall–Kier alpha value is -1.59. The quantitative estimate of drug-likeness (QED) is 0.0343. The summed E-state index contributed by atoms with van der Waals surface area (Å²) in [6.45, 7) is 11.5. The summed E-state index contributed by atoms with van der Waals surface area (Å²) in [6.07, 6.45) is 58.1. The number of carbonyl (C=O) groups is 3. The lowest BCUT2D eigenvalue weighted by molar-refractivity contribution is -0.167. The zero-order valence-corrected chi connectivity index (χ0v) is 46.0. The van der Waals surface area contributed by atoms with Crippen molar-refractivity contribution in [3.63, 3.8) is 0 Å². The molecule has 0 fully saturated rings. The van der Waals surface area contributed by atoms with Crippen LogP contribution in [0.25, 0.3) is 0 Å². The van der Waals surface area contributed by atoms with Crippen LogP contribution in [0.2, 0.25) is 0 Å². The van der Waals surface area contributed by atoms with Gasteiger partial charge >= 0.3 is 17.9 Å². The topological polar surface area (TPSA) is 78.9 Å². The molecule has 2 atom stereocenters. The molecule has 0 aliphatic carbocycles. The van der Waals surface area contributed by atoms with E-state index in [1.165, 1.54) is 231 Å². The van der Waals surface area contributed by atoms with E-state index in [2.05, 4.69) is 34.6 Å². The lowest BCUT2D eigenvalue weighted by atomic mass is 9.99. The Morgan fingerprint density at radius 1 is 0.313 bits per heavy atom. The van der Waals surface area contributed by atoms with Crippen LogP contribution >= 0.6 is 0 Å². The zero-order valence-electron chi connectivity index (χ0n) is 46.0. The Labute approximate surface area is 418 Å². The summed E-state index contributed by atoms with van der Waals surface area (Å²) in [5.74, 6) is 0.889. The van der Waals surface area contributed by atoms with Crippen molar-refractivity contribution in [3.05, 3.63) is 0 Å². The Kier molecular flexibility index (Phi) is 52.5. The molecule has 0 aliphatic rings. The highest BCUT2D eigenvalue weighted by Crippen LogP contribution is 2.19. The van der Waals surface area contributed by atoms with Crippen molar-refractivity contribution in [1.29, 1.82) is 0 Å². The summed E-state index contributed by atoms with van der Waals surface area (Å²) >= 11 is 0. The van der Waals surface area contributed by atoms with E-state index in [-0.39, 0.29) is 31.1 Å². The van der Waals surface area contributed by atoms with Crippen molar-refractivity contribution in [1.82, 2.24) is 0 Å². The van der Waals surface area contributed by atoms with E-state index in [9.17, 15) is 14.4 Å². The number of ether oxygens (including phenoxy) is 3. The predicted octanol–water partition coefficient (Wildman–Crippen LogP) is 20.0. The van der Waals surface area contributed by atoms with Gasteiger partial charge in [-0.1, -0.05) is 304 Å². The molecule has 0 aromatic carbocycles. The molecule has 6 nitrogen and oxygen atoms in total. The average molecular weight is 948 g/mol. The van der Waals surface area contributed by atoms with Crippen LogP contribution in [0.3, 0.4) is 0 Å². The van der Waals surface area contributed by atoms with Crippen LogP contribution in [-0.4, -0.2) is 37.2 Å². The van der Waals surface area contributed by atoms with Gasteiger partial charge in [0, 0.05) is 19.3 Å². The second kappa shape index (κ2) is 53.8. The largest absolute Gasteiger partial charge is 0.462 e. The third kappa shape index (κ3) is 53.6. The molecule has 0 radical (unpaired) electrons. The Morgan fingerprint density at radius 2 is 0.567 bits per heavy atom. The van der Waals surface area contributed by atoms with Crippen LogP contribution in [0.5, 0.6) is 0 Å². The Bertz CT molecular complexity index is 1030. The zero-order chi connectivity index (χ0) is 48.9. The molecule has 6 heteroatoms. The van der Waals surface area contributed by atoms with Gasteiger partial charge in [-0.2, -0.15) is 0 Å². The number of hydrogen-bond acceptors (Lipinski definition) is 6. The summed E-state index contributed by atoms with van der Waals surface area (Å²) in [4.78, 5) is 38.2. The molecular weight excluding hydrogens is 829 g/mol. The van der Waals surface area contributed by atoms with Crippen LogP contribution in [-0.2, 0) is 28.6 Å². The third-order valence-corrected chi connectivity index (χ3v) is 14.3. The number of unbranched alkanes of at least 4 members (excludes halogenated alkanes) is 39. The first kappa shape index (κ1) is 65.4. The van der Waals surface area contributed by atoms with Gasteiger partial charge in [-0.25, -0.2) is 0 Å². The fourth-order valence-corrected chi connectivity index (χ4v) is 9.37. The van der Waals surface area contributed by atoms with Crippen LogP contribution in [0, 0.1) is 11.8 Å². The molecule has 0 aromatic rings. The van der Waals surface area contributed by atoms with Gasteiger partial charge in [0.05, 0.1) is 0 Å². The molecule has 0 bridgehead atoms. The van der Waals surface area contributed by atoms with E-state index in [4.69, 9.17) is 14.2 Å². The minimum Gasteiger partial charge on any atom is -0.462 e. The van der Waals surface area contributed by atoms with E-state index < -0.39 is 6.10 Å². The van der Waals surface area contributed by atoms with Crippen molar-refractivity contribution < 1.29 is 28.6 Å². The Balaban J connectivity index is 4.22. The molecule has 0 saturated carbocycles. The maximum Gasteiger partial charge on any atom is 0.306 e. The first-order valence-corrected chi connectivity index (χ1v) is 30.3. The van der Waals surface area contributed by atoms with Crippen molar-refractivity contribution in [2.24, 2.45) is 11.8 Å². The second-order valence-electron chi connectivity index (χ2n) is 21.7. The maximum absolute atomic E-state index is 12.8. The van der Waals surface area contributed by atoms with Gasteiger partial charge in [0.25, 0.3) is 0 Å². The van der Waals surface area contributed by atoms with E-state index in [0.29, 0.717) is 19.3 Å². The highest BCUT2D eigenvalue weighted by Gasteiger charge is 2.19. The molecule has 67 heavy (non-hydrogen) atoms. The molecule has 0 spiro atoms. The molecule has 0 amide bonds. The number of rotatable bonds is 55. The number of carbonyl (C=O) groups excluding carboxylic acids is 3. The van der Waals surface area contributed by atoms with Crippen LogP contribution in [0.1, 0.15) is 343 Å². The molecule has 0 N–H and O–H groups in total. The van der Waals surface area contributed by atoms with Crippen LogP contribution in [0.15, 0.2) is 0 Å². The summed E-state index contributed by atoms with van der Waals surface area (Å²) < 4.78 is 16.9. The monoisotopic (exact) mass is 947 g/mol. The normalized spacial score (nSPS) is 12.4. The lowest BCUT2D eigenvalue weighted by Gasteiger charge is -2.18. The summed E-state index contributed by atoms with van der Waals surface area (Å²) in [7, 11) is 0. The molecule has 0 aromatic heterocycles. The van der Waals surface area contributed by atoms with Gasteiger partial charge in [-0.15, -0.1) is 0 Å². The second-order valence-corrected chi connectivity index (χ2v) is 21.7. The first-order valence-electron chi connectivity index (χ1n) is 30.3. The fourth-order valence-electron chi connectivity index (χ4n) is 9.37. The standard InChI is InChI=1S/C61H118O6/c1-6-8-9-10-11-12-13-14-22-25-31-36-41-46-51-59(62)65-54-58(67-61(64)53-48-43-38-33-28-27-29-34-39-44-49-56(3)4)55-66-60(63)52-47-42-37-32-26-23-20-18-16-15-17-19-21-24-30-35-40-45-50-57(5)7-2/h56-58H,6-55H2,1-5H3/t57?,58-/m1/s1. The van der Waals surface area contributed by atoms with E-state index >= 15 is 0 Å². The molecule has 0 saturated heterocycles. The molecule has 0 aliphatic heterocycles. The highest BCUT2D eigenvalue weighted by molar-refractivity contribution is 5.71. The molecular formula is C61H118O6. The van der Waals surface area contributed by atoms with Crippen LogP contribution in [0.4, 0.5) is 0 Å². The van der Waals surface area contributed by atoms with E-state index in [0.717, 1.165) is 69.6 Å². The molecule has 1 unspecified atom stereocenters. The smallest absolute Gasteiger partial charge is 0.306 e. The van der Waals surface area contributed by atoms with Gasteiger partial charge in [-0.3, -0.25) is 14.4 Å². The maximum atomic E-state index is 12.8. The summed E-state index contributed by atoms with van der Waals surface area (Å²) in [5, 5.41) is 0. The summed E-state index contributed by atoms with van der Waals surface area (Å²) in [6, 6.07) is 0. The van der Waals surface area contributed by atoms with Gasteiger partial charge in [0.1, 0.15) is 13.2 Å². The molecule has 0 heterocycles. The number of hydrogen-bond donors (Lipinski definition) is 0. The SMILES string of the molecule is CCCCCCCCCCCCCCCCC(=O)OC[C@H](COC(=O)CCCCCCCCCCCCCCCCCCCCC(C)CC)OC(=O)CCCCCCCCCCCCC(C)C. The first-order chi connectivity index (χ1) is 32.8. The minimum absolute atomic E-state index is 0.0626. The lowest BCUT2D eigenvalue weighted by Crippen LogP contribution is -2.30. The number of esters is 3. The third-order valence-electron chi connectivity index (χ3n) is 14.3.